The topological polar surface area (TPSA) is 68.3 Å². The molecule has 1 aromatic rings. The number of ether oxygens (including phenoxy) is 1. The Bertz CT molecular complexity index is 696. The van der Waals surface area contributed by atoms with E-state index in [0.717, 1.165) is 12.8 Å². The monoisotopic (exact) mass is 376 g/mol. The third kappa shape index (κ3) is 2.15. The Balaban J connectivity index is 1.61. The average molecular weight is 377 g/mol. The summed E-state index contributed by atoms with van der Waals surface area (Å²) in [7, 11) is 1.39. The maximum Gasteiger partial charge on any atom is 0.310 e. The number of carbonyl (C=O) groups excluding carboxylic acids is 2. The fourth-order valence-corrected chi connectivity index (χ4v) is 4.72. The Labute approximate surface area is 142 Å². The second-order valence-corrected chi connectivity index (χ2v) is 7.42. The Kier molecular flexibility index (Phi) is 3.34. The van der Waals surface area contributed by atoms with Crippen molar-refractivity contribution in [3.05, 3.63) is 35.1 Å². The van der Waals surface area contributed by atoms with Crippen LogP contribution in [0.1, 0.15) is 12.8 Å². The molecule has 1 aromatic heterocycles. The van der Waals surface area contributed by atoms with E-state index in [1.54, 1.807) is 18.3 Å². The zero-order valence-electron chi connectivity index (χ0n) is 12.7. The van der Waals surface area contributed by atoms with Crippen LogP contribution in [0.3, 0.4) is 0 Å². The van der Waals surface area contributed by atoms with E-state index in [9.17, 15) is 9.59 Å². The smallest absolute Gasteiger partial charge is 0.310 e. The maximum atomic E-state index is 12.8. The van der Waals surface area contributed by atoms with Crippen LogP contribution < -0.4 is 5.32 Å². The van der Waals surface area contributed by atoms with Crippen LogP contribution in [0.15, 0.2) is 35.1 Å². The quantitative estimate of drug-likeness (QED) is 0.500. The van der Waals surface area contributed by atoms with Crippen molar-refractivity contribution in [1.29, 1.82) is 0 Å². The van der Waals surface area contributed by atoms with Gasteiger partial charge < -0.3 is 10.1 Å². The normalized spacial score (nSPS) is 32.1. The maximum absolute atomic E-state index is 12.8. The van der Waals surface area contributed by atoms with Crippen LogP contribution in [0.25, 0.3) is 0 Å². The number of carbonyl (C=O) groups is 2. The molecule has 3 aliphatic rings. The van der Waals surface area contributed by atoms with Crippen molar-refractivity contribution in [3.63, 3.8) is 0 Å². The van der Waals surface area contributed by atoms with Gasteiger partial charge in [-0.15, -0.1) is 0 Å². The van der Waals surface area contributed by atoms with Crippen LogP contribution in [0.2, 0.25) is 0 Å². The van der Waals surface area contributed by atoms with E-state index in [-0.39, 0.29) is 41.0 Å². The minimum absolute atomic E-state index is 0.118. The van der Waals surface area contributed by atoms with Gasteiger partial charge in [0, 0.05) is 0 Å². The number of rotatable bonds is 3. The summed E-state index contributed by atoms with van der Waals surface area (Å²) in [6, 6.07) is 3.56. The number of hydrogen-bond acceptors (Lipinski definition) is 4. The molecule has 0 radical (unpaired) electrons. The molecule has 0 aliphatic heterocycles. The lowest BCUT2D eigenvalue weighted by molar-refractivity contribution is -0.150. The van der Waals surface area contributed by atoms with E-state index in [1.807, 2.05) is 0 Å². The minimum atomic E-state index is -0.374. The fourth-order valence-electron chi connectivity index (χ4n) is 4.49. The van der Waals surface area contributed by atoms with E-state index >= 15 is 0 Å². The molecular weight excluding hydrogens is 360 g/mol. The number of nitrogens with one attached hydrogen (secondary N) is 1. The number of nitrogens with zero attached hydrogens (tertiary/aromatic N) is 1. The summed E-state index contributed by atoms with van der Waals surface area (Å²) in [6.45, 7) is 0. The van der Waals surface area contributed by atoms with E-state index in [0.29, 0.717) is 10.3 Å². The van der Waals surface area contributed by atoms with Gasteiger partial charge in [0.25, 0.3) is 0 Å². The number of halogens is 1. The molecule has 6 heteroatoms. The molecule has 0 unspecified atom stereocenters. The highest BCUT2D eigenvalue weighted by molar-refractivity contribution is 9.10. The highest BCUT2D eigenvalue weighted by atomic mass is 79.9. The number of amides is 1. The molecule has 1 amide bonds. The van der Waals surface area contributed by atoms with Gasteiger partial charge >= 0.3 is 5.97 Å². The second kappa shape index (κ2) is 5.16. The van der Waals surface area contributed by atoms with Crippen molar-refractivity contribution >= 4 is 33.5 Å². The van der Waals surface area contributed by atoms with Crippen LogP contribution in [0, 0.1) is 29.1 Å². The first kappa shape index (κ1) is 14.9. The average Bonchev–Trinajstić information content (AvgIpc) is 3.22. The summed E-state index contributed by atoms with van der Waals surface area (Å²) in [5.74, 6) is -0.849. The molecule has 5 nitrogen and oxygen atoms in total. The number of allylic oxidation sites excluding steroid dienone is 2. The van der Waals surface area contributed by atoms with Gasteiger partial charge in [-0.3, -0.25) is 9.59 Å². The standard InChI is InChI=1S/C17H17BrN2O3/c1-23-16(22)14-11-4-3-10(17(11)6-7-17)13(14)15(21)20-9-2-5-12(18)19-8-9/h2-5,8,10-11,13-14H,6-7H2,1H3,(H,20,21)/t10-,11+,13+,14+/m0/s1. The Morgan fingerprint density at radius 1 is 1.26 bits per heavy atom. The first-order chi connectivity index (χ1) is 11.1. The van der Waals surface area contributed by atoms with Crippen LogP contribution >= 0.6 is 15.9 Å². The van der Waals surface area contributed by atoms with Gasteiger partial charge in [-0.1, -0.05) is 12.2 Å². The van der Waals surface area contributed by atoms with Crippen LogP contribution in [0.5, 0.6) is 0 Å². The zero-order valence-corrected chi connectivity index (χ0v) is 14.2. The van der Waals surface area contributed by atoms with Crippen molar-refractivity contribution in [2.24, 2.45) is 29.1 Å². The third-order valence-electron chi connectivity index (χ3n) is 5.61. The summed E-state index contributed by atoms with van der Waals surface area (Å²) in [4.78, 5) is 29.2. The Morgan fingerprint density at radius 2 is 1.96 bits per heavy atom. The number of esters is 1. The van der Waals surface area contributed by atoms with Crippen LogP contribution in [-0.4, -0.2) is 24.0 Å². The summed E-state index contributed by atoms with van der Waals surface area (Å²) in [6.07, 6.45) is 8.02. The highest BCUT2D eigenvalue weighted by Crippen LogP contribution is 2.72. The lowest BCUT2D eigenvalue weighted by Gasteiger charge is -2.24. The molecule has 23 heavy (non-hydrogen) atoms. The Morgan fingerprint density at radius 3 is 2.52 bits per heavy atom. The SMILES string of the molecule is COC(=O)[C@H]1[C@H](C(=O)Nc2ccc(Br)nc2)[C@@H]2C=C[C@H]1C21CC1. The van der Waals surface area contributed by atoms with E-state index in [1.165, 1.54) is 7.11 Å². The summed E-state index contributed by atoms with van der Waals surface area (Å²) in [5.41, 5.74) is 0.761. The van der Waals surface area contributed by atoms with E-state index < -0.39 is 0 Å². The lowest BCUT2D eigenvalue weighted by atomic mass is 9.82. The molecule has 1 spiro atoms. The molecule has 2 fully saturated rings. The Hall–Kier alpha value is -1.69. The van der Waals surface area contributed by atoms with Crippen molar-refractivity contribution in [2.45, 2.75) is 12.8 Å². The lowest BCUT2D eigenvalue weighted by Crippen LogP contribution is -2.37. The molecule has 120 valence electrons. The third-order valence-corrected chi connectivity index (χ3v) is 6.08. The molecule has 4 atom stereocenters. The second-order valence-electron chi connectivity index (χ2n) is 6.60. The number of methoxy groups -OCH3 is 1. The van der Waals surface area contributed by atoms with E-state index in [2.05, 4.69) is 38.4 Å². The van der Waals surface area contributed by atoms with Crippen LogP contribution in [0.4, 0.5) is 5.69 Å². The van der Waals surface area contributed by atoms with Crippen molar-refractivity contribution in [3.8, 4) is 0 Å². The van der Waals surface area contributed by atoms with E-state index in [4.69, 9.17) is 4.74 Å². The van der Waals surface area contributed by atoms with Gasteiger partial charge in [0.15, 0.2) is 0 Å². The minimum Gasteiger partial charge on any atom is -0.469 e. The van der Waals surface area contributed by atoms with Gasteiger partial charge in [0.1, 0.15) is 4.60 Å². The molecule has 2 bridgehead atoms. The number of hydrogen-bond donors (Lipinski definition) is 1. The summed E-state index contributed by atoms with van der Waals surface area (Å²) >= 11 is 3.27. The fraction of sp³-hybridized carbons (Fsp3) is 0.471. The van der Waals surface area contributed by atoms with Gasteiger partial charge in [0.2, 0.25) is 5.91 Å². The highest BCUT2D eigenvalue weighted by Gasteiger charge is 2.70. The first-order valence-electron chi connectivity index (χ1n) is 7.75. The molecule has 4 rings (SSSR count). The number of anilines is 1. The molecule has 0 aromatic carbocycles. The number of pyridine rings is 1. The van der Waals surface area contributed by atoms with Gasteiger partial charge in [-0.05, 0) is 58.2 Å². The molecule has 1 N–H and O–H groups in total. The molecule has 3 aliphatic carbocycles. The van der Waals surface area contributed by atoms with Crippen molar-refractivity contribution < 1.29 is 14.3 Å². The van der Waals surface area contributed by atoms with Crippen LogP contribution in [-0.2, 0) is 14.3 Å². The first-order valence-corrected chi connectivity index (χ1v) is 8.55. The predicted octanol–water partition coefficient (Wildman–Crippen LogP) is 2.78. The zero-order chi connectivity index (χ0) is 16.2. The molecule has 2 saturated carbocycles. The summed E-state index contributed by atoms with van der Waals surface area (Å²) in [5, 5.41) is 2.91. The predicted molar refractivity (Wildman–Crippen MR) is 87.3 cm³/mol. The van der Waals surface area contributed by atoms with Gasteiger partial charge in [-0.25, -0.2) is 4.98 Å². The van der Waals surface area contributed by atoms with Gasteiger partial charge in [-0.2, -0.15) is 0 Å². The largest absolute Gasteiger partial charge is 0.469 e. The van der Waals surface area contributed by atoms with Crippen molar-refractivity contribution in [2.75, 3.05) is 12.4 Å². The van der Waals surface area contributed by atoms with Crippen molar-refractivity contribution in [1.82, 2.24) is 4.98 Å². The summed E-state index contributed by atoms with van der Waals surface area (Å²) < 4.78 is 5.69. The molecule has 0 saturated heterocycles. The number of aromatic nitrogens is 1. The van der Waals surface area contributed by atoms with Gasteiger partial charge in [0.05, 0.1) is 30.8 Å². The molecule has 1 heterocycles. The molecular formula is C17H17BrN2O3.